The Morgan fingerprint density at radius 1 is 1.24 bits per heavy atom. The van der Waals surface area contributed by atoms with Crippen molar-refractivity contribution in [3.63, 3.8) is 0 Å². The molecule has 21 heavy (non-hydrogen) atoms. The molecule has 2 rings (SSSR count). The molecule has 0 saturated heterocycles. The molecule has 0 aliphatic heterocycles. The molecule has 1 N–H and O–H groups in total. The fourth-order valence-corrected chi connectivity index (χ4v) is 2.13. The van der Waals surface area contributed by atoms with Crippen LogP contribution in [0, 0.1) is 11.6 Å². The van der Waals surface area contributed by atoms with Crippen molar-refractivity contribution in [2.24, 2.45) is 0 Å². The second-order valence-electron chi connectivity index (χ2n) is 4.26. The lowest BCUT2D eigenvalue weighted by Gasteiger charge is -2.10. The van der Waals surface area contributed by atoms with Crippen molar-refractivity contribution >= 4 is 21.8 Å². The summed E-state index contributed by atoms with van der Waals surface area (Å²) < 4.78 is 32.5. The second-order valence-corrected chi connectivity index (χ2v) is 5.18. The first-order chi connectivity index (χ1) is 10.0. The third-order valence-corrected chi connectivity index (χ3v) is 3.35. The molecule has 0 aliphatic rings. The maximum Gasteiger partial charge on any atom is 0.255 e. The van der Waals surface area contributed by atoms with Crippen molar-refractivity contribution < 1.29 is 18.3 Å². The van der Waals surface area contributed by atoms with E-state index in [9.17, 15) is 13.6 Å². The van der Waals surface area contributed by atoms with Crippen molar-refractivity contribution in [3.05, 3.63) is 63.6 Å². The number of amides is 1. The number of halogens is 3. The molecule has 0 spiro atoms. The first kappa shape index (κ1) is 15.4. The van der Waals surface area contributed by atoms with Crippen LogP contribution in [-0.4, -0.2) is 13.0 Å². The van der Waals surface area contributed by atoms with Gasteiger partial charge in [0.25, 0.3) is 5.91 Å². The monoisotopic (exact) mass is 355 g/mol. The largest absolute Gasteiger partial charge is 0.496 e. The van der Waals surface area contributed by atoms with Crippen LogP contribution < -0.4 is 10.1 Å². The smallest absolute Gasteiger partial charge is 0.255 e. The van der Waals surface area contributed by atoms with E-state index in [0.717, 1.165) is 6.07 Å². The van der Waals surface area contributed by atoms with Crippen LogP contribution in [0.4, 0.5) is 8.78 Å². The van der Waals surface area contributed by atoms with Crippen molar-refractivity contribution in [2.45, 2.75) is 6.54 Å². The molecule has 0 heterocycles. The summed E-state index contributed by atoms with van der Waals surface area (Å²) in [7, 11) is 1.39. The number of carbonyl (C=O) groups is 1. The highest BCUT2D eigenvalue weighted by atomic mass is 79.9. The lowest BCUT2D eigenvalue weighted by atomic mass is 10.1. The van der Waals surface area contributed by atoms with Gasteiger partial charge in [-0.2, -0.15) is 0 Å². The zero-order valence-electron chi connectivity index (χ0n) is 11.1. The van der Waals surface area contributed by atoms with Gasteiger partial charge in [-0.25, -0.2) is 8.78 Å². The number of methoxy groups -OCH3 is 1. The minimum atomic E-state index is -0.546. The number of benzene rings is 2. The van der Waals surface area contributed by atoms with E-state index < -0.39 is 17.5 Å². The van der Waals surface area contributed by atoms with E-state index in [1.54, 1.807) is 12.1 Å². The average Bonchev–Trinajstić information content (AvgIpc) is 2.46. The van der Waals surface area contributed by atoms with Crippen LogP contribution >= 0.6 is 15.9 Å². The molecule has 0 aliphatic carbocycles. The van der Waals surface area contributed by atoms with Gasteiger partial charge in [-0.3, -0.25) is 4.79 Å². The van der Waals surface area contributed by atoms with Crippen LogP contribution in [-0.2, 0) is 6.54 Å². The van der Waals surface area contributed by atoms with Crippen LogP contribution in [0.15, 0.2) is 40.9 Å². The molecule has 0 atom stereocenters. The van der Waals surface area contributed by atoms with Crippen LogP contribution in [0.1, 0.15) is 15.9 Å². The van der Waals surface area contributed by atoms with Gasteiger partial charge >= 0.3 is 0 Å². The van der Waals surface area contributed by atoms with Gasteiger partial charge in [0, 0.05) is 16.6 Å². The standard InChI is InChI=1S/C15H12BrF2NO2/c1-21-14-5-4-11(17)7-12(14)15(20)19-8-9-2-3-10(16)6-13(9)18/h2-7H,8H2,1H3,(H,19,20). The van der Waals surface area contributed by atoms with Gasteiger partial charge < -0.3 is 10.1 Å². The van der Waals surface area contributed by atoms with Gasteiger partial charge in [-0.05, 0) is 30.3 Å². The Morgan fingerprint density at radius 3 is 2.67 bits per heavy atom. The Bertz CT molecular complexity index is 677. The second kappa shape index (κ2) is 6.67. The molecular formula is C15H12BrF2NO2. The summed E-state index contributed by atoms with van der Waals surface area (Å²) in [6.45, 7) is -0.00237. The molecule has 3 nitrogen and oxygen atoms in total. The Morgan fingerprint density at radius 2 is 2.00 bits per heavy atom. The molecule has 2 aromatic rings. The third kappa shape index (κ3) is 3.78. The van der Waals surface area contributed by atoms with Gasteiger partial charge in [0.05, 0.1) is 12.7 Å². The van der Waals surface area contributed by atoms with Gasteiger partial charge in [-0.1, -0.05) is 22.0 Å². The maximum atomic E-state index is 13.6. The number of rotatable bonds is 4. The quantitative estimate of drug-likeness (QED) is 0.908. The van der Waals surface area contributed by atoms with Gasteiger partial charge in [0.1, 0.15) is 17.4 Å². The maximum absolute atomic E-state index is 13.6. The number of hydrogen-bond donors (Lipinski definition) is 1. The molecule has 1 amide bonds. The molecule has 0 unspecified atom stereocenters. The zero-order chi connectivity index (χ0) is 15.4. The van der Waals surface area contributed by atoms with Crippen molar-refractivity contribution in [1.29, 1.82) is 0 Å². The van der Waals surface area contributed by atoms with E-state index in [4.69, 9.17) is 4.74 Å². The van der Waals surface area contributed by atoms with E-state index in [-0.39, 0.29) is 17.9 Å². The van der Waals surface area contributed by atoms with Crippen LogP contribution in [0.2, 0.25) is 0 Å². The fraction of sp³-hybridized carbons (Fsp3) is 0.133. The highest BCUT2D eigenvalue weighted by molar-refractivity contribution is 9.10. The van der Waals surface area contributed by atoms with Crippen LogP contribution in [0.3, 0.4) is 0 Å². The third-order valence-electron chi connectivity index (χ3n) is 2.86. The van der Waals surface area contributed by atoms with E-state index >= 15 is 0 Å². The average molecular weight is 356 g/mol. The Kier molecular flexibility index (Phi) is 4.90. The lowest BCUT2D eigenvalue weighted by molar-refractivity contribution is 0.0947. The minimum Gasteiger partial charge on any atom is -0.496 e. The van der Waals surface area contributed by atoms with E-state index in [1.807, 2.05) is 0 Å². The normalized spacial score (nSPS) is 10.3. The Labute approximate surface area is 129 Å². The molecule has 0 bridgehead atoms. The highest BCUT2D eigenvalue weighted by Crippen LogP contribution is 2.20. The molecule has 0 radical (unpaired) electrons. The number of ether oxygens (including phenoxy) is 1. The highest BCUT2D eigenvalue weighted by Gasteiger charge is 2.14. The zero-order valence-corrected chi connectivity index (χ0v) is 12.7. The van der Waals surface area contributed by atoms with Crippen LogP contribution in [0.5, 0.6) is 5.75 Å². The van der Waals surface area contributed by atoms with Gasteiger partial charge in [0.2, 0.25) is 0 Å². The first-order valence-electron chi connectivity index (χ1n) is 6.07. The summed E-state index contributed by atoms with van der Waals surface area (Å²) in [5.74, 6) is -1.26. The summed E-state index contributed by atoms with van der Waals surface area (Å²) in [6, 6.07) is 8.18. The van der Waals surface area contributed by atoms with Gasteiger partial charge in [-0.15, -0.1) is 0 Å². The molecule has 0 fully saturated rings. The Hall–Kier alpha value is -1.95. The van der Waals surface area contributed by atoms with Crippen molar-refractivity contribution in [1.82, 2.24) is 5.32 Å². The summed E-state index contributed by atoms with van der Waals surface area (Å²) in [5, 5.41) is 2.54. The molecular weight excluding hydrogens is 344 g/mol. The number of carbonyl (C=O) groups excluding carboxylic acids is 1. The van der Waals surface area contributed by atoms with Crippen molar-refractivity contribution in [3.8, 4) is 5.75 Å². The van der Waals surface area contributed by atoms with Crippen LogP contribution in [0.25, 0.3) is 0 Å². The SMILES string of the molecule is COc1ccc(F)cc1C(=O)NCc1ccc(Br)cc1F. The molecule has 0 aromatic heterocycles. The molecule has 110 valence electrons. The summed E-state index contributed by atoms with van der Waals surface area (Å²) in [5.41, 5.74) is 0.400. The first-order valence-corrected chi connectivity index (χ1v) is 6.86. The molecule has 6 heteroatoms. The minimum absolute atomic E-state index is 0.00237. The van der Waals surface area contributed by atoms with E-state index in [0.29, 0.717) is 10.0 Å². The number of nitrogens with one attached hydrogen (secondary N) is 1. The predicted octanol–water partition coefficient (Wildman–Crippen LogP) is 3.67. The molecule has 2 aromatic carbocycles. The Balaban J connectivity index is 2.13. The van der Waals surface area contributed by atoms with Gasteiger partial charge in [0.15, 0.2) is 0 Å². The lowest BCUT2D eigenvalue weighted by Crippen LogP contribution is -2.24. The fourth-order valence-electron chi connectivity index (χ4n) is 1.79. The van der Waals surface area contributed by atoms with Crippen molar-refractivity contribution in [2.75, 3.05) is 7.11 Å². The van der Waals surface area contributed by atoms with E-state index in [1.165, 1.54) is 25.3 Å². The predicted molar refractivity (Wildman–Crippen MR) is 78.2 cm³/mol. The summed E-state index contributed by atoms with van der Waals surface area (Å²) >= 11 is 3.15. The summed E-state index contributed by atoms with van der Waals surface area (Å²) in [6.07, 6.45) is 0. The number of hydrogen-bond acceptors (Lipinski definition) is 2. The topological polar surface area (TPSA) is 38.3 Å². The molecule has 0 saturated carbocycles. The summed E-state index contributed by atoms with van der Waals surface area (Å²) in [4.78, 5) is 12.0. The van der Waals surface area contributed by atoms with E-state index in [2.05, 4.69) is 21.2 Å².